The minimum Gasteiger partial charge on any atom is -0.548 e. The molecule has 0 bridgehead atoms. The third kappa shape index (κ3) is 14.1. The van der Waals surface area contributed by atoms with E-state index in [0.717, 1.165) is 0 Å². The van der Waals surface area contributed by atoms with E-state index >= 15 is 0 Å². The molecule has 0 heterocycles. The summed E-state index contributed by atoms with van der Waals surface area (Å²) in [5.41, 5.74) is 9.75. The summed E-state index contributed by atoms with van der Waals surface area (Å²) >= 11 is 7.22. The number of carbonyl (C=O) groups is 2. The van der Waals surface area contributed by atoms with Crippen molar-refractivity contribution in [2.24, 2.45) is 11.5 Å². The second-order valence-electron chi connectivity index (χ2n) is 2.22. The Hall–Kier alpha value is 0.0665. The summed E-state index contributed by atoms with van der Waals surface area (Å²) in [7, 11) is 0. The van der Waals surface area contributed by atoms with Crippen molar-refractivity contribution in [3.63, 3.8) is 0 Å². The number of thiol groups is 2. The van der Waals surface area contributed by atoms with E-state index in [1.54, 1.807) is 0 Å². The van der Waals surface area contributed by atoms with Crippen LogP contribution in [0.5, 0.6) is 0 Å². The van der Waals surface area contributed by atoms with Gasteiger partial charge in [0.25, 0.3) is 0 Å². The van der Waals surface area contributed by atoms with Gasteiger partial charge in [-0.1, -0.05) is 0 Å². The van der Waals surface area contributed by atoms with Crippen LogP contribution in [0.2, 0.25) is 0 Å². The van der Waals surface area contributed by atoms with E-state index in [0.29, 0.717) is 0 Å². The van der Waals surface area contributed by atoms with Crippen LogP contribution in [0, 0.1) is 0 Å². The molecule has 0 amide bonds. The van der Waals surface area contributed by atoms with Crippen LogP contribution < -0.4 is 21.7 Å². The summed E-state index contributed by atoms with van der Waals surface area (Å²) in [6.45, 7) is 0. The summed E-state index contributed by atoms with van der Waals surface area (Å²) in [6, 6.07) is -1.85. The van der Waals surface area contributed by atoms with E-state index < -0.39 is 24.0 Å². The molecule has 0 fully saturated rings. The maximum absolute atomic E-state index is 9.65. The molecule has 15 heavy (non-hydrogen) atoms. The van der Waals surface area contributed by atoms with Crippen molar-refractivity contribution < 1.29 is 36.6 Å². The molecule has 0 spiro atoms. The molecule has 2 atom stereocenters. The van der Waals surface area contributed by atoms with Crippen molar-refractivity contribution in [2.75, 3.05) is 11.5 Å². The molecule has 9 heteroatoms. The molecule has 0 rings (SSSR count). The molecule has 0 saturated carbocycles. The van der Waals surface area contributed by atoms with Crippen molar-refractivity contribution >= 4 is 37.2 Å². The molecule has 0 aromatic carbocycles. The summed E-state index contributed by atoms with van der Waals surface area (Å²) in [4.78, 5) is 19.3. The number of rotatable bonds is 4. The molecule has 6 nitrogen and oxygen atoms in total. The minimum absolute atomic E-state index is 0. The van der Waals surface area contributed by atoms with Crippen molar-refractivity contribution in [1.29, 1.82) is 0 Å². The quantitative estimate of drug-likeness (QED) is 0.391. The van der Waals surface area contributed by atoms with Gasteiger partial charge in [0, 0.05) is 11.5 Å². The van der Waals surface area contributed by atoms with Gasteiger partial charge in [0.2, 0.25) is 0 Å². The minimum atomic E-state index is -1.25. The first kappa shape index (κ1) is 20.5. The fourth-order valence-electron chi connectivity index (χ4n) is 0.149. The van der Waals surface area contributed by atoms with Crippen LogP contribution in [0.25, 0.3) is 0 Å². The first-order chi connectivity index (χ1) is 6.36. The zero-order valence-electron chi connectivity index (χ0n) is 7.58. The molecule has 4 N–H and O–H groups in total. The zero-order valence-corrected chi connectivity index (χ0v) is 10.4. The Bertz CT molecular complexity index is 176. The van der Waals surface area contributed by atoms with E-state index in [9.17, 15) is 19.8 Å². The molecule has 0 aromatic rings. The SMILES string of the molecule is N[C@@H](CS)C(=O)[O-].N[C@@H](CS)C(=O)[O-].[Co+2]. The maximum atomic E-state index is 9.65. The number of hydrogen-bond acceptors (Lipinski definition) is 8. The van der Waals surface area contributed by atoms with Crippen molar-refractivity contribution in [3.05, 3.63) is 0 Å². The van der Waals surface area contributed by atoms with Crippen LogP contribution >= 0.6 is 25.3 Å². The molecule has 0 saturated heterocycles. The molecule has 1 radical (unpaired) electrons. The first-order valence-electron chi connectivity index (χ1n) is 3.51. The average molecular weight is 299 g/mol. The van der Waals surface area contributed by atoms with Gasteiger partial charge in [0.1, 0.15) is 0 Å². The molecule has 0 aliphatic carbocycles. The van der Waals surface area contributed by atoms with Crippen LogP contribution in [0.15, 0.2) is 0 Å². The van der Waals surface area contributed by atoms with Crippen LogP contribution in [-0.4, -0.2) is 35.5 Å². The molecule has 0 aliphatic heterocycles. The maximum Gasteiger partial charge on any atom is 2.00 e. The second-order valence-corrected chi connectivity index (χ2v) is 2.95. The predicted molar refractivity (Wildman–Crippen MR) is 53.7 cm³/mol. The first-order valence-corrected chi connectivity index (χ1v) is 4.77. The molecule has 91 valence electrons. The van der Waals surface area contributed by atoms with E-state index in [1.165, 1.54) is 0 Å². The average Bonchev–Trinajstić information content (AvgIpc) is 2.15. The van der Waals surface area contributed by atoms with E-state index in [4.69, 9.17) is 11.5 Å². The number of carbonyl (C=O) groups excluding carboxylic acids is 2. The Labute approximate surface area is 109 Å². The van der Waals surface area contributed by atoms with E-state index in [-0.39, 0.29) is 28.3 Å². The van der Waals surface area contributed by atoms with Gasteiger partial charge in [-0.15, -0.1) is 0 Å². The standard InChI is InChI=1S/2C3H7NO2S.Co/c2*4-2(1-7)3(5)6;/h2*2,7H,1,4H2,(H,5,6);/q;;+2/p-2/t2*2-;/m00./s1. The number of carboxylic acids is 2. The second kappa shape index (κ2) is 12.1. The van der Waals surface area contributed by atoms with Crippen LogP contribution in [0.1, 0.15) is 0 Å². The number of hydrogen-bond donors (Lipinski definition) is 4. The number of carboxylic acid groups (broad SMARTS) is 2. The topological polar surface area (TPSA) is 132 Å². The zero-order chi connectivity index (χ0) is 11.7. The fraction of sp³-hybridized carbons (Fsp3) is 0.667. The van der Waals surface area contributed by atoms with Crippen molar-refractivity contribution in [2.45, 2.75) is 12.1 Å². The molecular weight excluding hydrogens is 287 g/mol. The molecule has 0 aromatic heterocycles. The fourth-order valence-corrected chi connectivity index (χ4v) is 0.447. The smallest absolute Gasteiger partial charge is 0.548 e. The van der Waals surface area contributed by atoms with Gasteiger partial charge >= 0.3 is 16.8 Å². The molecule has 0 aliphatic rings. The summed E-state index contributed by atoms with van der Waals surface area (Å²) in [5.74, 6) is -2.25. The van der Waals surface area contributed by atoms with Crippen LogP contribution in [0.4, 0.5) is 0 Å². The van der Waals surface area contributed by atoms with Gasteiger partial charge in [0.15, 0.2) is 0 Å². The number of nitrogens with two attached hydrogens (primary N) is 2. The third-order valence-corrected chi connectivity index (χ3v) is 1.79. The van der Waals surface area contributed by atoms with E-state index in [2.05, 4.69) is 25.3 Å². The Morgan fingerprint density at radius 3 is 1.20 bits per heavy atom. The predicted octanol–water partition coefficient (Wildman–Crippen LogP) is -4.02. The van der Waals surface area contributed by atoms with Gasteiger partial charge in [0.05, 0.1) is 24.0 Å². The van der Waals surface area contributed by atoms with Crippen LogP contribution in [-0.2, 0) is 26.4 Å². The Balaban J connectivity index is -0.000000180. The molecule has 0 unspecified atom stereocenters. The van der Waals surface area contributed by atoms with Crippen LogP contribution in [0.3, 0.4) is 0 Å². The molecular formula is C6H12CoN2O4S2. The summed E-state index contributed by atoms with van der Waals surface area (Å²) < 4.78 is 0. The van der Waals surface area contributed by atoms with Crippen molar-refractivity contribution in [3.8, 4) is 0 Å². The van der Waals surface area contributed by atoms with E-state index in [1.807, 2.05) is 0 Å². The van der Waals surface area contributed by atoms with Gasteiger partial charge in [-0.05, 0) is 0 Å². The monoisotopic (exact) mass is 299 g/mol. The Kier molecular flexibility index (Phi) is 16.6. The van der Waals surface area contributed by atoms with Gasteiger partial charge in [-0.2, -0.15) is 25.3 Å². The summed E-state index contributed by atoms with van der Waals surface area (Å²) in [5, 5.41) is 19.3. The van der Waals surface area contributed by atoms with Crippen molar-refractivity contribution in [1.82, 2.24) is 0 Å². The normalized spacial score (nSPS) is 12.5. The largest absolute Gasteiger partial charge is 2.00 e. The Morgan fingerprint density at radius 1 is 1.00 bits per heavy atom. The summed E-state index contributed by atoms with van der Waals surface area (Å²) in [6.07, 6.45) is 0. The number of aliphatic carboxylic acids is 2. The third-order valence-electron chi connectivity index (χ3n) is 0.999. The van der Waals surface area contributed by atoms with Gasteiger partial charge in [-0.3, -0.25) is 0 Å². The van der Waals surface area contributed by atoms with Gasteiger partial charge < -0.3 is 31.3 Å². The van der Waals surface area contributed by atoms with Gasteiger partial charge in [-0.25, -0.2) is 0 Å². The Morgan fingerprint density at radius 2 is 1.20 bits per heavy atom.